The monoisotopic (exact) mass is 432 g/mol. The highest BCUT2D eigenvalue weighted by molar-refractivity contribution is 5.92. The maximum atomic E-state index is 2.44. The summed E-state index contributed by atoms with van der Waals surface area (Å²) in [6.45, 7) is 2.14. The second kappa shape index (κ2) is 7.17. The van der Waals surface area contributed by atoms with Crippen molar-refractivity contribution >= 4 is 12.2 Å². The van der Waals surface area contributed by atoms with Crippen molar-refractivity contribution < 1.29 is 0 Å². The van der Waals surface area contributed by atoms with E-state index >= 15 is 0 Å². The van der Waals surface area contributed by atoms with E-state index in [2.05, 4.69) is 134 Å². The Morgan fingerprint density at radius 2 is 0.971 bits per heavy atom. The van der Waals surface area contributed by atoms with Crippen molar-refractivity contribution in [1.29, 1.82) is 0 Å². The molecule has 2 aliphatic rings. The molecule has 0 N–H and O–H groups in total. The molecule has 0 fully saturated rings. The third-order valence-corrected chi connectivity index (χ3v) is 7.60. The lowest BCUT2D eigenvalue weighted by Crippen LogP contribution is -2.29. The SMILES string of the molecule is Cc1ccc(-c2ccc3c(c2)C2(c4ccccc4C=Cc4ccccc42)c2ccccc2-3)cc1. The molecule has 0 saturated carbocycles. The molecular weight excluding hydrogens is 408 g/mol. The van der Waals surface area contributed by atoms with Gasteiger partial charge in [0.25, 0.3) is 0 Å². The Morgan fingerprint density at radius 1 is 0.441 bits per heavy atom. The van der Waals surface area contributed by atoms with Crippen molar-refractivity contribution in [3.05, 3.63) is 154 Å². The van der Waals surface area contributed by atoms with Gasteiger partial charge in [0.1, 0.15) is 0 Å². The Bertz CT molecular complexity index is 1550. The Kier molecular flexibility index (Phi) is 4.07. The van der Waals surface area contributed by atoms with E-state index in [0.717, 1.165) is 0 Å². The van der Waals surface area contributed by atoms with Crippen molar-refractivity contribution in [3.8, 4) is 22.3 Å². The summed E-state index contributed by atoms with van der Waals surface area (Å²) in [6.07, 6.45) is 4.57. The Labute approximate surface area is 200 Å². The molecule has 0 bridgehead atoms. The zero-order valence-electron chi connectivity index (χ0n) is 19.1. The number of fused-ring (bicyclic) bond motifs is 9. The molecule has 0 nitrogen and oxygen atoms in total. The molecule has 160 valence electrons. The van der Waals surface area contributed by atoms with Gasteiger partial charge in [0, 0.05) is 0 Å². The first kappa shape index (κ1) is 19.3. The van der Waals surface area contributed by atoms with Crippen LogP contribution < -0.4 is 0 Å². The fourth-order valence-corrected chi connectivity index (χ4v) is 6.08. The predicted octanol–water partition coefficient (Wildman–Crippen LogP) is 8.51. The quantitative estimate of drug-likeness (QED) is 0.244. The molecule has 0 radical (unpaired) electrons. The highest BCUT2D eigenvalue weighted by Crippen LogP contribution is 2.58. The van der Waals surface area contributed by atoms with Crippen molar-refractivity contribution in [2.45, 2.75) is 12.3 Å². The smallest absolute Gasteiger partial charge is 0.0619 e. The van der Waals surface area contributed by atoms with E-state index < -0.39 is 0 Å². The largest absolute Gasteiger partial charge is 0.0725 e. The van der Waals surface area contributed by atoms with E-state index in [1.807, 2.05) is 0 Å². The molecule has 0 heterocycles. The minimum absolute atomic E-state index is 0.358. The number of hydrogen-bond acceptors (Lipinski definition) is 0. The van der Waals surface area contributed by atoms with E-state index in [1.165, 1.54) is 61.2 Å². The van der Waals surface area contributed by atoms with Gasteiger partial charge in [-0.15, -0.1) is 0 Å². The predicted molar refractivity (Wildman–Crippen MR) is 143 cm³/mol. The number of aryl methyl sites for hydroxylation is 1. The van der Waals surface area contributed by atoms with E-state index in [1.54, 1.807) is 0 Å². The first-order chi connectivity index (χ1) is 16.8. The molecule has 0 unspecified atom stereocenters. The van der Waals surface area contributed by atoms with Crippen LogP contribution in [-0.4, -0.2) is 0 Å². The summed E-state index contributed by atoms with van der Waals surface area (Å²) >= 11 is 0. The first-order valence-corrected chi connectivity index (χ1v) is 12.0. The lowest BCUT2D eigenvalue weighted by molar-refractivity contribution is 0.766. The summed E-state index contributed by atoms with van der Waals surface area (Å²) < 4.78 is 0. The van der Waals surface area contributed by atoms with Gasteiger partial charge in [-0.3, -0.25) is 0 Å². The van der Waals surface area contributed by atoms with Gasteiger partial charge >= 0.3 is 0 Å². The molecule has 0 atom stereocenters. The van der Waals surface area contributed by atoms with Gasteiger partial charge in [-0.2, -0.15) is 0 Å². The summed E-state index contributed by atoms with van der Waals surface area (Å²) in [5.41, 5.74) is 14.1. The normalized spacial score (nSPS) is 14.1. The van der Waals surface area contributed by atoms with Crippen LogP contribution in [0.2, 0.25) is 0 Å². The lowest BCUT2D eigenvalue weighted by Gasteiger charge is -2.35. The highest BCUT2D eigenvalue weighted by Gasteiger charge is 2.48. The summed E-state index contributed by atoms with van der Waals surface area (Å²) in [5, 5.41) is 0. The van der Waals surface area contributed by atoms with Crippen molar-refractivity contribution in [2.24, 2.45) is 0 Å². The van der Waals surface area contributed by atoms with Crippen LogP contribution >= 0.6 is 0 Å². The Balaban J connectivity index is 1.64. The van der Waals surface area contributed by atoms with E-state index in [0.29, 0.717) is 0 Å². The van der Waals surface area contributed by atoms with Gasteiger partial charge in [-0.1, -0.05) is 127 Å². The lowest BCUT2D eigenvalue weighted by atomic mass is 9.66. The van der Waals surface area contributed by atoms with Gasteiger partial charge in [0.05, 0.1) is 5.41 Å². The third kappa shape index (κ3) is 2.54. The molecule has 7 rings (SSSR count). The Hall–Kier alpha value is -4.16. The summed E-state index contributed by atoms with van der Waals surface area (Å²) in [7, 11) is 0. The molecule has 2 aliphatic carbocycles. The average molecular weight is 433 g/mol. The van der Waals surface area contributed by atoms with Gasteiger partial charge < -0.3 is 0 Å². The van der Waals surface area contributed by atoms with Crippen molar-refractivity contribution in [3.63, 3.8) is 0 Å². The zero-order chi connectivity index (χ0) is 22.7. The van der Waals surface area contributed by atoms with Crippen molar-refractivity contribution in [1.82, 2.24) is 0 Å². The summed E-state index contributed by atoms with van der Waals surface area (Å²) in [4.78, 5) is 0. The topological polar surface area (TPSA) is 0 Å². The Morgan fingerprint density at radius 3 is 1.65 bits per heavy atom. The van der Waals surface area contributed by atoms with E-state index in [4.69, 9.17) is 0 Å². The first-order valence-electron chi connectivity index (χ1n) is 12.0. The van der Waals surface area contributed by atoms with Crippen LogP contribution in [0.15, 0.2) is 115 Å². The molecule has 0 heteroatoms. The van der Waals surface area contributed by atoms with Crippen LogP contribution in [0.3, 0.4) is 0 Å². The molecule has 5 aromatic carbocycles. The third-order valence-electron chi connectivity index (χ3n) is 7.60. The molecule has 5 aromatic rings. The highest BCUT2D eigenvalue weighted by atomic mass is 14.5. The van der Waals surface area contributed by atoms with Gasteiger partial charge in [0.15, 0.2) is 0 Å². The van der Waals surface area contributed by atoms with E-state index in [9.17, 15) is 0 Å². The zero-order valence-corrected chi connectivity index (χ0v) is 19.1. The fraction of sp³-hybridized carbons (Fsp3) is 0.0588. The fourth-order valence-electron chi connectivity index (χ4n) is 6.08. The minimum Gasteiger partial charge on any atom is -0.0619 e. The van der Waals surface area contributed by atoms with E-state index in [-0.39, 0.29) is 5.41 Å². The van der Waals surface area contributed by atoms with Crippen LogP contribution in [0.25, 0.3) is 34.4 Å². The maximum Gasteiger partial charge on any atom is 0.0725 e. The number of hydrogen-bond donors (Lipinski definition) is 0. The van der Waals surface area contributed by atoms with Gasteiger partial charge in [0.2, 0.25) is 0 Å². The average Bonchev–Trinajstić information content (AvgIpc) is 3.09. The van der Waals surface area contributed by atoms with Crippen LogP contribution in [-0.2, 0) is 5.41 Å². The van der Waals surface area contributed by atoms with Crippen LogP contribution in [0.5, 0.6) is 0 Å². The molecule has 0 amide bonds. The van der Waals surface area contributed by atoms with Crippen LogP contribution in [0, 0.1) is 6.92 Å². The standard InChI is InChI=1S/C34H24/c1-23-14-16-24(17-15-23)27-20-21-29-28-10-4-7-13-32(28)34(33(29)22-27)30-11-5-2-8-25(30)18-19-26-9-3-6-12-31(26)34/h2-22H,1H3. The summed E-state index contributed by atoms with van der Waals surface area (Å²) in [6, 6.07) is 42.8. The van der Waals surface area contributed by atoms with Crippen molar-refractivity contribution in [2.75, 3.05) is 0 Å². The molecule has 0 aliphatic heterocycles. The number of benzene rings is 5. The second-order valence-electron chi connectivity index (χ2n) is 9.43. The van der Waals surface area contributed by atoms with Gasteiger partial charge in [-0.05, 0) is 68.6 Å². The minimum atomic E-state index is -0.358. The summed E-state index contributed by atoms with van der Waals surface area (Å²) in [5.74, 6) is 0. The van der Waals surface area contributed by atoms with Gasteiger partial charge in [-0.25, -0.2) is 0 Å². The molecule has 0 aromatic heterocycles. The molecular formula is C34H24. The molecule has 34 heavy (non-hydrogen) atoms. The molecule has 0 saturated heterocycles. The molecule has 1 spiro atoms. The van der Waals surface area contributed by atoms with Crippen LogP contribution in [0.1, 0.15) is 38.9 Å². The van der Waals surface area contributed by atoms with Crippen LogP contribution in [0.4, 0.5) is 0 Å². The second-order valence-corrected chi connectivity index (χ2v) is 9.43. The number of rotatable bonds is 1. The maximum absolute atomic E-state index is 2.44.